The molecule has 1 aromatic carbocycles. The Kier molecular flexibility index (Phi) is 2.16. The van der Waals surface area contributed by atoms with E-state index >= 15 is 0 Å². The lowest BCUT2D eigenvalue weighted by Gasteiger charge is -2.02. The van der Waals surface area contributed by atoms with Gasteiger partial charge in [-0.3, -0.25) is 9.89 Å². The number of carbonyl (C=O) groups is 1. The van der Waals surface area contributed by atoms with Crippen LogP contribution in [0.15, 0.2) is 30.5 Å². The molecule has 0 saturated carbocycles. The molecule has 0 aliphatic carbocycles. The Balaban J connectivity index is 2.08. The van der Waals surface area contributed by atoms with Crippen molar-refractivity contribution in [1.82, 2.24) is 20.0 Å². The second-order valence-corrected chi connectivity index (χ2v) is 4.10. The van der Waals surface area contributed by atoms with E-state index in [2.05, 4.69) is 15.3 Å². The fraction of sp³-hybridized carbons (Fsp3) is 0.0833. The van der Waals surface area contributed by atoms with E-state index in [1.165, 1.54) is 4.68 Å². The van der Waals surface area contributed by atoms with Crippen molar-refractivity contribution in [3.05, 3.63) is 41.7 Å². The quantitative estimate of drug-likeness (QED) is 0.672. The zero-order valence-corrected chi connectivity index (χ0v) is 9.71. The van der Waals surface area contributed by atoms with Crippen LogP contribution in [-0.2, 0) is 0 Å². The molecule has 2 heterocycles. The largest absolute Gasteiger partial charge is 0.383 e. The number of fused-ring (bicyclic) bond motifs is 1. The van der Waals surface area contributed by atoms with Crippen LogP contribution in [0.1, 0.15) is 16.1 Å². The van der Waals surface area contributed by atoms with Crippen molar-refractivity contribution in [2.24, 2.45) is 0 Å². The van der Waals surface area contributed by atoms with Crippen molar-refractivity contribution >= 4 is 22.6 Å². The third kappa shape index (κ3) is 1.55. The van der Waals surface area contributed by atoms with Gasteiger partial charge < -0.3 is 5.73 Å². The first kappa shape index (κ1) is 10.5. The highest BCUT2D eigenvalue weighted by molar-refractivity contribution is 6.00. The number of nitrogens with zero attached hydrogens (tertiary/aromatic N) is 3. The first-order valence-corrected chi connectivity index (χ1v) is 5.45. The molecule has 18 heavy (non-hydrogen) atoms. The highest BCUT2D eigenvalue weighted by Crippen LogP contribution is 2.15. The van der Waals surface area contributed by atoms with E-state index < -0.39 is 0 Å². The number of hydrogen-bond donors (Lipinski definition) is 2. The lowest BCUT2D eigenvalue weighted by molar-refractivity contribution is 0.0947. The van der Waals surface area contributed by atoms with Gasteiger partial charge in [0.25, 0.3) is 5.91 Å². The molecule has 0 fully saturated rings. The van der Waals surface area contributed by atoms with Crippen LogP contribution in [0, 0.1) is 6.92 Å². The summed E-state index contributed by atoms with van der Waals surface area (Å²) in [7, 11) is 0. The Morgan fingerprint density at radius 3 is 2.94 bits per heavy atom. The van der Waals surface area contributed by atoms with Crippen LogP contribution in [0.25, 0.3) is 10.9 Å². The van der Waals surface area contributed by atoms with E-state index in [4.69, 9.17) is 5.73 Å². The number of benzene rings is 1. The van der Waals surface area contributed by atoms with Crippen molar-refractivity contribution < 1.29 is 4.79 Å². The number of hydrogen-bond acceptors (Lipinski definition) is 4. The summed E-state index contributed by atoms with van der Waals surface area (Å²) in [6.45, 7) is 1.79. The van der Waals surface area contributed by atoms with Gasteiger partial charge in [0.15, 0.2) is 0 Å². The van der Waals surface area contributed by atoms with Gasteiger partial charge in [-0.2, -0.15) is 14.9 Å². The average molecular weight is 241 g/mol. The number of carbonyl (C=O) groups excluding carboxylic acids is 1. The van der Waals surface area contributed by atoms with Crippen molar-refractivity contribution in [1.29, 1.82) is 0 Å². The minimum Gasteiger partial charge on any atom is -0.383 e. The standard InChI is InChI=1S/C12H11N5O/c1-7-4-11(13)17(16-7)12(18)8-2-3-10-9(5-8)6-14-15-10/h2-6H,13H2,1H3,(H,14,15). The maximum Gasteiger partial charge on any atom is 0.280 e. The number of nitrogens with two attached hydrogens (primary N) is 1. The molecule has 0 aliphatic heterocycles. The maximum atomic E-state index is 12.2. The number of aromatic nitrogens is 4. The second kappa shape index (κ2) is 3.69. The zero-order chi connectivity index (χ0) is 12.7. The summed E-state index contributed by atoms with van der Waals surface area (Å²) in [5.74, 6) is 0.0912. The molecule has 0 amide bonds. The highest BCUT2D eigenvalue weighted by atomic mass is 16.2. The minimum atomic E-state index is -0.247. The SMILES string of the molecule is Cc1cc(N)n(C(=O)c2ccc3[nH]ncc3c2)n1. The highest BCUT2D eigenvalue weighted by Gasteiger charge is 2.13. The summed E-state index contributed by atoms with van der Waals surface area (Å²) in [5.41, 5.74) is 7.86. The van der Waals surface area contributed by atoms with Crippen LogP contribution >= 0.6 is 0 Å². The molecule has 2 aromatic heterocycles. The van der Waals surface area contributed by atoms with E-state index in [1.807, 2.05) is 6.07 Å². The van der Waals surface area contributed by atoms with Gasteiger partial charge in [0, 0.05) is 17.0 Å². The number of aryl methyl sites for hydroxylation is 1. The Bertz CT molecular complexity index is 740. The van der Waals surface area contributed by atoms with Crippen LogP contribution in [0.5, 0.6) is 0 Å². The van der Waals surface area contributed by atoms with Crippen molar-refractivity contribution in [3.8, 4) is 0 Å². The molecule has 6 heteroatoms. The fourth-order valence-corrected chi connectivity index (χ4v) is 1.88. The maximum absolute atomic E-state index is 12.2. The molecule has 6 nitrogen and oxygen atoms in total. The number of rotatable bonds is 1. The van der Waals surface area contributed by atoms with E-state index in [1.54, 1.807) is 31.3 Å². The number of nitrogens with one attached hydrogen (secondary N) is 1. The van der Waals surface area contributed by atoms with Gasteiger partial charge in [-0.05, 0) is 25.1 Å². The molecule has 0 bridgehead atoms. The lowest BCUT2D eigenvalue weighted by atomic mass is 10.1. The summed E-state index contributed by atoms with van der Waals surface area (Å²) in [6, 6.07) is 6.95. The number of anilines is 1. The molecule has 3 N–H and O–H groups in total. The molecule has 3 aromatic rings. The van der Waals surface area contributed by atoms with Gasteiger partial charge in [-0.15, -0.1) is 0 Å². The number of nitrogen functional groups attached to an aromatic ring is 1. The Hall–Kier alpha value is -2.63. The van der Waals surface area contributed by atoms with E-state index in [-0.39, 0.29) is 5.91 Å². The lowest BCUT2D eigenvalue weighted by Crippen LogP contribution is -2.16. The Labute approximate surface area is 102 Å². The summed E-state index contributed by atoms with van der Waals surface area (Å²) in [4.78, 5) is 12.2. The molecule has 0 spiro atoms. The molecular formula is C12H11N5O. The number of H-pyrrole nitrogens is 1. The van der Waals surface area contributed by atoms with Gasteiger partial charge in [0.2, 0.25) is 0 Å². The summed E-state index contributed by atoms with van der Waals surface area (Å²) >= 11 is 0. The molecule has 0 atom stereocenters. The predicted molar refractivity (Wildman–Crippen MR) is 67.2 cm³/mol. The average Bonchev–Trinajstić information content (AvgIpc) is 2.93. The summed E-state index contributed by atoms with van der Waals surface area (Å²) in [5, 5.41) is 11.7. The minimum absolute atomic E-state index is 0.247. The van der Waals surface area contributed by atoms with Crippen LogP contribution in [0.4, 0.5) is 5.82 Å². The third-order valence-electron chi connectivity index (χ3n) is 2.74. The van der Waals surface area contributed by atoms with Crippen molar-refractivity contribution in [2.45, 2.75) is 6.92 Å². The summed E-state index contributed by atoms with van der Waals surface area (Å²) in [6.07, 6.45) is 1.67. The second-order valence-electron chi connectivity index (χ2n) is 4.10. The van der Waals surface area contributed by atoms with E-state index in [9.17, 15) is 4.79 Å². The molecule has 90 valence electrons. The van der Waals surface area contributed by atoms with Crippen LogP contribution in [-0.4, -0.2) is 25.9 Å². The monoisotopic (exact) mass is 241 g/mol. The molecule has 0 saturated heterocycles. The van der Waals surface area contributed by atoms with Gasteiger partial charge >= 0.3 is 0 Å². The fourth-order valence-electron chi connectivity index (χ4n) is 1.88. The van der Waals surface area contributed by atoms with Crippen molar-refractivity contribution in [2.75, 3.05) is 5.73 Å². The normalized spacial score (nSPS) is 10.9. The molecule has 0 unspecified atom stereocenters. The van der Waals surface area contributed by atoms with Gasteiger partial charge in [0.1, 0.15) is 5.82 Å². The van der Waals surface area contributed by atoms with E-state index in [0.717, 1.165) is 10.9 Å². The van der Waals surface area contributed by atoms with Crippen LogP contribution < -0.4 is 5.73 Å². The smallest absolute Gasteiger partial charge is 0.280 e. The van der Waals surface area contributed by atoms with Gasteiger partial charge in [-0.1, -0.05) is 0 Å². The first-order valence-electron chi connectivity index (χ1n) is 5.45. The van der Waals surface area contributed by atoms with Gasteiger partial charge in [-0.25, -0.2) is 0 Å². The molecular weight excluding hydrogens is 230 g/mol. The Morgan fingerprint density at radius 2 is 2.22 bits per heavy atom. The topological polar surface area (TPSA) is 89.6 Å². The molecule has 3 rings (SSSR count). The van der Waals surface area contributed by atoms with Gasteiger partial charge in [0.05, 0.1) is 17.4 Å². The van der Waals surface area contributed by atoms with Crippen LogP contribution in [0.3, 0.4) is 0 Å². The van der Waals surface area contributed by atoms with E-state index in [0.29, 0.717) is 17.1 Å². The predicted octanol–water partition coefficient (Wildman–Crippen LogP) is 1.34. The number of aromatic amines is 1. The van der Waals surface area contributed by atoms with Crippen molar-refractivity contribution in [3.63, 3.8) is 0 Å². The zero-order valence-electron chi connectivity index (χ0n) is 9.71. The molecule has 0 radical (unpaired) electrons. The molecule has 0 aliphatic rings. The summed E-state index contributed by atoms with van der Waals surface area (Å²) < 4.78 is 1.20. The van der Waals surface area contributed by atoms with Crippen LogP contribution in [0.2, 0.25) is 0 Å². The Morgan fingerprint density at radius 1 is 1.39 bits per heavy atom. The first-order chi connectivity index (χ1) is 8.65. The third-order valence-corrected chi connectivity index (χ3v) is 2.74.